The van der Waals surface area contributed by atoms with Crippen molar-refractivity contribution in [1.29, 1.82) is 0 Å². The molecular formula is C22H26N4O4. The van der Waals surface area contributed by atoms with Crippen LogP contribution in [0, 0.1) is 0 Å². The van der Waals surface area contributed by atoms with Gasteiger partial charge in [0.1, 0.15) is 5.82 Å². The Morgan fingerprint density at radius 1 is 1.17 bits per heavy atom. The first-order valence-corrected chi connectivity index (χ1v) is 10.2. The summed E-state index contributed by atoms with van der Waals surface area (Å²) in [7, 11) is 0. The first-order chi connectivity index (χ1) is 14.4. The lowest BCUT2D eigenvalue weighted by molar-refractivity contribution is -0.117. The Hall–Kier alpha value is -3.13. The summed E-state index contributed by atoms with van der Waals surface area (Å²) in [6.45, 7) is 6.53. The minimum absolute atomic E-state index is 0.0539. The van der Waals surface area contributed by atoms with Crippen molar-refractivity contribution in [3.63, 3.8) is 0 Å². The maximum Gasteiger partial charge on any atom is 0.405 e. The maximum absolute atomic E-state index is 12.2. The monoisotopic (exact) mass is 410 g/mol. The number of pyridine rings is 1. The first-order valence-electron chi connectivity index (χ1n) is 10.2. The van der Waals surface area contributed by atoms with E-state index in [1.165, 1.54) is 6.92 Å². The van der Waals surface area contributed by atoms with Crippen molar-refractivity contribution < 1.29 is 19.4 Å². The van der Waals surface area contributed by atoms with Crippen molar-refractivity contribution in [2.45, 2.75) is 32.4 Å². The van der Waals surface area contributed by atoms with Gasteiger partial charge in [0.15, 0.2) is 0 Å². The van der Waals surface area contributed by atoms with Crippen LogP contribution in [0.5, 0.6) is 0 Å². The van der Waals surface area contributed by atoms with Crippen molar-refractivity contribution in [3.8, 4) is 11.1 Å². The highest BCUT2D eigenvalue weighted by Crippen LogP contribution is 2.39. The number of nitrogens with zero attached hydrogens (tertiary/aromatic N) is 3. The van der Waals surface area contributed by atoms with E-state index in [1.807, 2.05) is 43.5 Å². The molecule has 0 radical (unpaired) electrons. The molecule has 8 nitrogen and oxygen atoms in total. The number of rotatable bonds is 3. The smallest absolute Gasteiger partial charge is 0.405 e. The Morgan fingerprint density at radius 2 is 1.90 bits per heavy atom. The number of carbonyl (C=O) groups is 2. The number of aromatic nitrogens is 1. The number of morpholine rings is 1. The van der Waals surface area contributed by atoms with E-state index in [9.17, 15) is 14.7 Å². The van der Waals surface area contributed by atoms with E-state index in [2.05, 4.69) is 15.2 Å². The highest BCUT2D eigenvalue weighted by atomic mass is 16.5. The fourth-order valence-corrected chi connectivity index (χ4v) is 4.35. The lowest BCUT2D eigenvalue weighted by Gasteiger charge is -2.39. The number of carbonyl (C=O) groups excluding carboxylic acids is 1. The highest BCUT2D eigenvalue weighted by Gasteiger charge is 2.33. The lowest BCUT2D eigenvalue weighted by Crippen LogP contribution is -2.45. The van der Waals surface area contributed by atoms with E-state index in [-0.39, 0.29) is 18.0 Å². The van der Waals surface area contributed by atoms with Crippen LogP contribution >= 0.6 is 0 Å². The normalized spacial score (nSPS) is 21.1. The molecule has 8 heteroatoms. The predicted molar refractivity (Wildman–Crippen MR) is 114 cm³/mol. The second-order valence-corrected chi connectivity index (χ2v) is 7.75. The standard InChI is InChI=1S/C22H26N4O4/c1-14-11-19(24-22(28)29)18-12-16(3-5-20(18)26(14)15(2)27)17-4-6-21(23-13-17)25-7-9-30-10-8-25/h3-6,12-14,19,24H,7-11H2,1-2H3,(H,28,29)/t14-,19+/m0/s1. The van der Waals surface area contributed by atoms with Gasteiger partial charge in [-0.3, -0.25) is 4.79 Å². The molecule has 1 saturated heterocycles. The van der Waals surface area contributed by atoms with Crippen LogP contribution in [-0.4, -0.2) is 54.4 Å². The van der Waals surface area contributed by atoms with Gasteiger partial charge in [0.2, 0.25) is 5.91 Å². The lowest BCUT2D eigenvalue weighted by atomic mass is 9.89. The average Bonchev–Trinajstić information content (AvgIpc) is 2.73. The molecule has 3 heterocycles. The maximum atomic E-state index is 12.2. The molecule has 2 amide bonds. The van der Waals surface area contributed by atoms with E-state index in [4.69, 9.17) is 4.74 Å². The highest BCUT2D eigenvalue weighted by molar-refractivity contribution is 5.94. The molecule has 1 fully saturated rings. The Morgan fingerprint density at radius 3 is 2.53 bits per heavy atom. The number of benzene rings is 1. The van der Waals surface area contributed by atoms with Gasteiger partial charge in [-0.05, 0) is 48.7 Å². The number of carboxylic acid groups (broad SMARTS) is 1. The molecule has 30 heavy (non-hydrogen) atoms. The number of amides is 2. The summed E-state index contributed by atoms with van der Waals surface area (Å²) in [6.07, 6.45) is 1.29. The van der Waals surface area contributed by atoms with Crippen LogP contribution in [-0.2, 0) is 9.53 Å². The molecule has 4 rings (SSSR count). The van der Waals surface area contributed by atoms with Crippen LogP contribution in [0.15, 0.2) is 36.5 Å². The third-order valence-electron chi connectivity index (χ3n) is 5.73. The molecule has 0 aliphatic carbocycles. The zero-order valence-corrected chi connectivity index (χ0v) is 17.2. The number of anilines is 2. The number of nitrogens with one attached hydrogen (secondary N) is 1. The molecule has 158 valence electrons. The predicted octanol–water partition coefficient (Wildman–Crippen LogP) is 3.04. The summed E-state index contributed by atoms with van der Waals surface area (Å²) in [5.41, 5.74) is 3.43. The average molecular weight is 410 g/mol. The van der Waals surface area contributed by atoms with E-state index in [1.54, 1.807) is 4.90 Å². The molecule has 1 aromatic carbocycles. The second-order valence-electron chi connectivity index (χ2n) is 7.75. The zero-order chi connectivity index (χ0) is 21.3. The van der Waals surface area contributed by atoms with Gasteiger partial charge in [0.25, 0.3) is 0 Å². The minimum Gasteiger partial charge on any atom is -0.465 e. The van der Waals surface area contributed by atoms with Crippen molar-refractivity contribution >= 4 is 23.5 Å². The molecule has 1 aromatic heterocycles. The Balaban J connectivity index is 1.67. The summed E-state index contributed by atoms with van der Waals surface area (Å²) in [6, 6.07) is 9.37. The van der Waals surface area contributed by atoms with Crippen LogP contribution in [0.3, 0.4) is 0 Å². The number of fused-ring (bicyclic) bond motifs is 1. The van der Waals surface area contributed by atoms with Crippen molar-refractivity contribution in [3.05, 3.63) is 42.1 Å². The Labute approximate surface area is 175 Å². The SMILES string of the molecule is CC(=O)N1c2ccc(-c3ccc(N4CCOCC4)nc3)cc2[C@H](NC(=O)O)C[C@@H]1C. The second kappa shape index (κ2) is 8.31. The summed E-state index contributed by atoms with van der Waals surface area (Å²) in [5, 5.41) is 11.9. The zero-order valence-electron chi connectivity index (χ0n) is 17.2. The number of ether oxygens (including phenoxy) is 1. The first kappa shape index (κ1) is 20.2. The quantitative estimate of drug-likeness (QED) is 0.808. The molecule has 0 saturated carbocycles. The molecule has 2 aliphatic heterocycles. The molecule has 0 bridgehead atoms. The summed E-state index contributed by atoms with van der Waals surface area (Å²) in [4.78, 5) is 32.1. The minimum atomic E-state index is -1.07. The van der Waals surface area contributed by atoms with Gasteiger partial charge in [-0.15, -0.1) is 0 Å². The van der Waals surface area contributed by atoms with E-state index in [0.29, 0.717) is 19.6 Å². The van der Waals surface area contributed by atoms with Crippen LogP contribution in [0.4, 0.5) is 16.3 Å². The number of hydrogen-bond acceptors (Lipinski definition) is 5. The topological polar surface area (TPSA) is 95.0 Å². The van der Waals surface area contributed by atoms with Crippen LogP contribution in [0.1, 0.15) is 31.9 Å². The van der Waals surface area contributed by atoms with Crippen LogP contribution in [0.2, 0.25) is 0 Å². The molecule has 2 aliphatic rings. The van der Waals surface area contributed by atoms with E-state index < -0.39 is 6.09 Å². The van der Waals surface area contributed by atoms with Crippen molar-refractivity contribution in [1.82, 2.24) is 10.3 Å². The van der Waals surface area contributed by atoms with Gasteiger partial charge in [-0.25, -0.2) is 9.78 Å². The summed E-state index contributed by atoms with van der Waals surface area (Å²) in [5.74, 6) is 0.865. The van der Waals surface area contributed by atoms with E-state index in [0.717, 1.165) is 41.3 Å². The third kappa shape index (κ3) is 3.95. The van der Waals surface area contributed by atoms with Crippen molar-refractivity contribution in [2.24, 2.45) is 0 Å². The molecule has 2 atom stereocenters. The van der Waals surface area contributed by atoms with Gasteiger partial charge in [0.05, 0.1) is 19.3 Å². The Bertz CT molecular complexity index is 941. The molecule has 0 unspecified atom stereocenters. The molecular weight excluding hydrogens is 384 g/mol. The molecule has 2 N–H and O–H groups in total. The molecule has 0 spiro atoms. The largest absolute Gasteiger partial charge is 0.465 e. The van der Waals surface area contributed by atoms with E-state index >= 15 is 0 Å². The third-order valence-corrected chi connectivity index (χ3v) is 5.73. The summed E-state index contributed by atoms with van der Waals surface area (Å²) >= 11 is 0. The van der Waals surface area contributed by atoms with Gasteiger partial charge in [-0.2, -0.15) is 0 Å². The summed E-state index contributed by atoms with van der Waals surface area (Å²) < 4.78 is 5.39. The fraction of sp³-hybridized carbons (Fsp3) is 0.409. The van der Waals surface area contributed by atoms with Gasteiger partial charge in [-0.1, -0.05) is 6.07 Å². The van der Waals surface area contributed by atoms with Crippen LogP contribution < -0.4 is 15.1 Å². The number of hydrogen-bond donors (Lipinski definition) is 2. The molecule has 2 aromatic rings. The Kier molecular flexibility index (Phi) is 5.59. The van der Waals surface area contributed by atoms with Gasteiger partial charge < -0.3 is 25.0 Å². The fourth-order valence-electron chi connectivity index (χ4n) is 4.35. The van der Waals surface area contributed by atoms with Crippen LogP contribution in [0.25, 0.3) is 11.1 Å². The van der Waals surface area contributed by atoms with Gasteiger partial charge in [0, 0.05) is 43.5 Å². The van der Waals surface area contributed by atoms with Gasteiger partial charge >= 0.3 is 6.09 Å². The van der Waals surface area contributed by atoms with Crippen molar-refractivity contribution in [2.75, 3.05) is 36.1 Å².